The minimum absolute atomic E-state index is 0.309. The summed E-state index contributed by atoms with van der Waals surface area (Å²) in [5, 5.41) is 3.16. The van der Waals surface area contributed by atoms with Crippen molar-refractivity contribution in [1.82, 2.24) is 14.6 Å². The molecule has 3 rings (SSSR count). The average Bonchev–Trinajstić information content (AvgIpc) is 3.27. The number of nitrogens with one attached hydrogen (secondary N) is 2. The fraction of sp³-hybridized carbons (Fsp3) is 0.778. The van der Waals surface area contributed by atoms with E-state index in [-0.39, 0.29) is 0 Å². The minimum Gasteiger partial charge on any atom is -0.370 e. The van der Waals surface area contributed by atoms with Crippen LogP contribution >= 0.6 is 0 Å². The van der Waals surface area contributed by atoms with Crippen LogP contribution in [0.15, 0.2) is 18.5 Å². The summed E-state index contributed by atoms with van der Waals surface area (Å²) >= 11 is 0. The number of aromatic amines is 1. The van der Waals surface area contributed by atoms with Crippen molar-refractivity contribution in [3.05, 3.63) is 18.5 Å². The minimum atomic E-state index is -3.10. The molecule has 0 bridgehead atoms. The van der Waals surface area contributed by atoms with Crippen LogP contribution in [0.5, 0.6) is 0 Å². The quantitative estimate of drug-likeness (QED) is 0.771. The van der Waals surface area contributed by atoms with Crippen molar-refractivity contribution < 1.29 is 8.42 Å². The molecule has 0 amide bonds. The highest BCUT2D eigenvalue weighted by Crippen LogP contribution is 2.31. The molecule has 1 aliphatic heterocycles. The highest BCUT2D eigenvalue weighted by molar-refractivity contribution is 7.89. The van der Waals surface area contributed by atoms with Crippen LogP contribution in [0.1, 0.15) is 32.1 Å². The van der Waals surface area contributed by atoms with E-state index in [0.29, 0.717) is 36.7 Å². The number of sulfonamides is 1. The maximum atomic E-state index is 12.7. The maximum Gasteiger partial charge on any atom is 0.214 e. The lowest BCUT2D eigenvalue weighted by molar-refractivity contribution is 0.336. The van der Waals surface area contributed by atoms with E-state index in [0.717, 1.165) is 38.6 Å². The molecule has 1 saturated heterocycles. The molecule has 2 aliphatic rings. The molecule has 1 aromatic rings. The third kappa shape index (κ3) is 4.57. The van der Waals surface area contributed by atoms with Crippen molar-refractivity contribution in [2.45, 2.75) is 38.1 Å². The van der Waals surface area contributed by atoms with Gasteiger partial charge in [0.2, 0.25) is 10.0 Å². The number of hydrogen-bond donors (Lipinski definition) is 2. The largest absolute Gasteiger partial charge is 0.370 e. The lowest BCUT2D eigenvalue weighted by atomic mass is 9.86. The Kier molecular flexibility index (Phi) is 6.07. The second-order valence-electron chi connectivity index (χ2n) is 7.70. The number of anilines is 1. The Balaban J connectivity index is 1.48. The molecule has 0 radical (unpaired) electrons. The summed E-state index contributed by atoms with van der Waals surface area (Å²) in [6.07, 6.45) is 9.11. The van der Waals surface area contributed by atoms with E-state index >= 15 is 0 Å². The summed E-state index contributed by atoms with van der Waals surface area (Å²) in [4.78, 5) is 5.43. The number of nitrogens with zero attached hydrogens (tertiary/aromatic N) is 2. The van der Waals surface area contributed by atoms with Gasteiger partial charge >= 0.3 is 0 Å². The van der Waals surface area contributed by atoms with Crippen LogP contribution in [-0.2, 0) is 10.0 Å². The summed E-state index contributed by atoms with van der Waals surface area (Å²) in [5.74, 6) is 1.11. The van der Waals surface area contributed by atoms with Gasteiger partial charge in [0.1, 0.15) is 0 Å². The van der Waals surface area contributed by atoms with Gasteiger partial charge in [0.15, 0.2) is 0 Å². The molecule has 0 aromatic carbocycles. The summed E-state index contributed by atoms with van der Waals surface area (Å²) in [6.45, 7) is 2.29. The number of H-pyrrole nitrogens is 1. The van der Waals surface area contributed by atoms with Gasteiger partial charge in [-0.3, -0.25) is 0 Å². The Labute approximate surface area is 152 Å². The highest BCUT2D eigenvalue weighted by Gasteiger charge is 2.34. The first kappa shape index (κ1) is 18.7. The molecule has 0 spiro atoms. The monoisotopic (exact) mass is 368 g/mol. The first-order valence-corrected chi connectivity index (χ1v) is 11.1. The predicted molar refractivity (Wildman–Crippen MR) is 102 cm³/mol. The van der Waals surface area contributed by atoms with Crippen molar-refractivity contribution in [2.75, 3.05) is 44.4 Å². The van der Waals surface area contributed by atoms with Crippen molar-refractivity contribution in [3.8, 4) is 0 Å². The van der Waals surface area contributed by atoms with E-state index < -0.39 is 10.0 Å². The maximum absolute atomic E-state index is 12.7. The van der Waals surface area contributed by atoms with Crippen LogP contribution in [-0.4, -0.2) is 63.2 Å². The summed E-state index contributed by atoms with van der Waals surface area (Å²) in [6, 6.07) is 2.60. The molecule has 1 saturated carbocycles. The van der Waals surface area contributed by atoms with Crippen LogP contribution < -0.4 is 10.2 Å². The Hall–Kier alpha value is -1.05. The van der Waals surface area contributed by atoms with Crippen LogP contribution in [0.25, 0.3) is 0 Å². The van der Waals surface area contributed by atoms with E-state index in [1.807, 2.05) is 19.4 Å². The van der Waals surface area contributed by atoms with Gasteiger partial charge in [0.05, 0.1) is 11.4 Å². The van der Waals surface area contributed by atoms with Gasteiger partial charge in [-0.05, 0) is 63.6 Å². The van der Waals surface area contributed by atoms with Crippen LogP contribution in [0.3, 0.4) is 0 Å². The molecule has 7 heteroatoms. The van der Waals surface area contributed by atoms with Gasteiger partial charge in [-0.1, -0.05) is 0 Å². The summed E-state index contributed by atoms with van der Waals surface area (Å²) < 4.78 is 27.2. The molecule has 1 aliphatic carbocycles. The van der Waals surface area contributed by atoms with Gasteiger partial charge in [0.25, 0.3) is 0 Å². The normalized spacial score (nSPS) is 28.3. The molecule has 1 aromatic heterocycles. The van der Waals surface area contributed by atoms with E-state index in [2.05, 4.69) is 28.3 Å². The SMILES string of the molecule is CNCC1CCN(S(=O)(=O)C[C@H]2CC[C@H](N(C)c3cc[nH]c3)CC2)C1. The van der Waals surface area contributed by atoms with Gasteiger partial charge < -0.3 is 15.2 Å². The topological polar surface area (TPSA) is 68.4 Å². The van der Waals surface area contributed by atoms with Gasteiger partial charge in [-0.2, -0.15) is 0 Å². The standard InChI is InChI=1S/C18H32N4O2S/c1-19-11-16-8-10-22(13-16)25(23,24)14-15-3-5-17(6-4-15)21(2)18-7-9-20-12-18/h7,9,12,15-17,19-20H,3-6,8,10-11,13-14H2,1-2H3/t15-,16?,17-. The Morgan fingerprint density at radius 1 is 1.24 bits per heavy atom. The van der Waals surface area contributed by atoms with Crippen molar-refractivity contribution in [3.63, 3.8) is 0 Å². The molecule has 2 fully saturated rings. The van der Waals surface area contributed by atoms with Crippen molar-refractivity contribution >= 4 is 15.7 Å². The van der Waals surface area contributed by atoms with Gasteiger partial charge in [-0.25, -0.2) is 12.7 Å². The Morgan fingerprint density at radius 2 is 2.00 bits per heavy atom. The molecule has 2 heterocycles. The first-order chi connectivity index (χ1) is 12.0. The first-order valence-electron chi connectivity index (χ1n) is 9.47. The highest BCUT2D eigenvalue weighted by atomic mass is 32.2. The molecule has 2 N–H and O–H groups in total. The zero-order valence-corrected chi connectivity index (χ0v) is 16.3. The zero-order chi connectivity index (χ0) is 17.9. The van der Waals surface area contributed by atoms with E-state index in [1.54, 1.807) is 4.31 Å². The second-order valence-corrected chi connectivity index (χ2v) is 9.72. The Bertz CT molecular complexity index is 624. The summed E-state index contributed by atoms with van der Waals surface area (Å²) in [7, 11) is 0.962. The second kappa shape index (κ2) is 8.10. The van der Waals surface area contributed by atoms with Crippen LogP contribution in [0.2, 0.25) is 0 Å². The number of aromatic nitrogens is 1. The smallest absolute Gasteiger partial charge is 0.214 e. The molecular formula is C18H32N4O2S. The third-order valence-electron chi connectivity index (χ3n) is 5.93. The molecule has 6 nitrogen and oxygen atoms in total. The molecular weight excluding hydrogens is 336 g/mol. The predicted octanol–water partition coefficient (Wildman–Crippen LogP) is 1.88. The number of hydrogen-bond acceptors (Lipinski definition) is 4. The Morgan fingerprint density at radius 3 is 2.64 bits per heavy atom. The lowest BCUT2D eigenvalue weighted by Gasteiger charge is -2.35. The number of rotatable bonds is 7. The van der Waals surface area contributed by atoms with Crippen molar-refractivity contribution in [2.24, 2.45) is 11.8 Å². The summed E-state index contributed by atoms with van der Waals surface area (Å²) in [5.41, 5.74) is 1.21. The van der Waals surface area contributed by atoms with E-state index in [9.17, 15) is 8.42 Å². The van der Waals surface area contributed by atoms with Crippen LogP contribution in [0.4, 0.5) is 5.69 Å². The molecule has 1 unspecified atom stereocenters. The third-order valence-corrected chi connectivity index (χ3v) is 7.94. The van der Waals surface area contributed by atoms with Crippen LogP contribution in [0, 0.1) is 11.8 Å². The molecule has 142 valence electrons. The average molecular weight is 369 g/mol. The van der Waals surface area contributed by atoms with E-state index in [1.165, 1.54) is 5.69 Å². The van der Waals surface area contributed by atoms with Crippen molar-refractivity contribution in [1.29, 1.82) is 0 Å². The van der Waals surface area contributed by atoms with Gasteiger partial charge in [0, 0.05) is 38.6 Å². The lowest BCUT2D eigenvalue weighted by Crippen LogP contribution is -2.39. The fourth-order valence-electron chi connectivity index (χ4n) is 4.35. The van der Waals surface area contributed by atoms with Gasteiger partial charge in [-0.15, -0.1) is 0 Å². The molecule has 25 heavy (non-hydrogen) atoms. The fourth-order valence-corrected chi connectivity index (χ4v) is 6.31. The molecule has 1 atom stereocenters. The zero-order valence-electron chi connectivity index (χ0n) is 15.4. The van der Waals surface area contributed by atoms with E-state index in [4.69, 9.17) is 0 Å².